The number of H-pyrrole nitrogens is 1. The Kier molecular flexibility index (Phi) is 2.25. The third-order valence-corrected chi connectivity index (χ3v) is 2.17. The van der Waals surface area contributed by atoms with Crippen molar-refractivity contribution in [3.8, 4) is 0 Å². The first-order chi connectivity index (χ1) is 7.43. The average Bonchev–Trinajstić information content (AvgIpc) is 2.60. The molecule has 0 fully saturated rings. The highest BCUT2D eigenvalue weighted by atomic mass is 19.4. The molecule has 0 unspecified atom stereocenters. The summed E-state index contributed by atoms with van der Waals surface area (Å²) in [7, 11) is 0. The van der Waals surface area contributed by atoms with Gasteiger partial charge < -0.3 is 9.51 Å². The fourth-order valence-corrected chi connectivity index (χ4v) is 1.40. The number of fused-ring (bicyclic) bond motifs is 1. The van der Waals surface area contributed by atoms with E-state index in [1.807, 2.05) is 0 Å². The quantitative estimate of drug-likeness (QED) is 0.818. The van der Waals surface area contributed by atoms with Gasteiger partial charge in [-0.15, -0.1) is 0 Å². The summed E-state index contributed by atoms with van der Waals surface area (Å²) in [5.74, 6) is 0. The smallest absolute Gasteiger partial charge is 0.337 e. The van der Waals surface area contributed by atoms with E-state index in [1.165, 1.54) is 0 Å². The van der Waals surface area contributed by atoms with Crippen LogP contribution in [0.3, 0.4) is 0 Å². The molecule has 16 heavy (non-hydrogen) atoms. The van der Waals surface area contributed by atoms with Crippen molar-refractivity contribution in [2.45, 2.75) is 19.5 Å². The zero-order valence-corrected chi connectivity index (χ0v) is 8.18. The number of alkyl halides is 3. The van der Waals surface area contributed by atoms with Gasteiger partial charge in [0.1, 0.15) is 5.39 Å². The number of halogens is 3. The molecule has 0 aliphatic rings. The molecular weight excluding hydrogens is 225 g/mol. The van der Waals surface area contributed by atoms with Crippen molar-refractivity contribution >= 4 is 11.1 Å². The molecule has 0 saturated carbocycles. The fraction of sp³-hybridized carbons (Fsp3) is 0.333. The Morgan fingerprint density at radius 3 is 2.75 bits per heavy atom. The molecule has 0 spiro atoms. The van der Waals surface area contributed by atoms with Crippen molar-refractivity contribution in [3.63, 3.8) is 0 Å². The van der Waals surface area contributed by atoms with E-state index in [2.05, 4.69) is 14.7 Å². The van der Waals surface area contributed by atoms with Gasteiger partial charge in [0.05, 0.1) is 0 Å². The van der Waals surface area contributed by atoms with E-state index in [-0.39, 0.29) is 5.71 Å². The number of aryl methyl sites for hydroxylation is 1. The fourth-order valence-electron chi connectivity index (χ4n) is 1.40. The number of hydrogen-bond donors (Lipinski definition) is 1. The second kappa shape index (κ2) is 3.36. The molecule has 0 atom stereocenters. The molecule has 1 N–H and O–H groups in total. The molecule has 2 aromatic rings. The second-order valence-corrected chi connectivity index (χ2v) is 3.25. The maximum Gasteiger partial charge on any atom is 0.437 e. The Labute approximate surface area is 87.1 Å². The third-order valence-electron chi connectivity index (χ3n) is 2.17. The van der Waals surface area contributed by atoms with E-state index in [4.69, 9.17) is 0 Å². The van der Waals surface area contributed by atoms with Crippen LogP contribution in [0, 0.1) is 0 Å². The van der Waals surface area contributed by atoms with Crippen LogP contribution in [-0.2, 0) is 12.6 Å². The minimum Gasteiger partial charge on any atom is -0.337 e. The van der Waals surface area contributed by atoms with Crippen LogP contribution in [0.5, 0.6) is 0 Å². The van der Waals surface area contributed by atoms with Crippen molar-refractivity contribution in [2.75, 3.05) is 0 Å². The molecule has 0 aromatic carbocycles. The summed E-state index contributed by atoms with van der Waals surface area (Å²) in [6, 6.07) is 1.12. The lowest BCUT2D eigenvalue weighted by atomic mass is 10.2. The molecule has 0 saturated heterocycles. The number of rotatable bonds is 1. The van der Waals surface area contributed by atoms with E-state index in [0.29, 0.717) is 12.1 Å². The molecule has 2 heterocycles. The maximum absolute atomic E-state index is 12.4. The normalized spacial score (nSPS) is 12.2. The zero-order valence-electron chi connectivity index (χ0n) is 8.18. The maximum atomic E-state index is 12.4. The van der Waals surface area contributed by atoms with Crippen LogP contribution >= 0.6 is 0 Å². The summed E-state index contributed by atoms with van der Waals surface area (Å²) in [5, 5.41) is 2.32. The molecule has 2 rings (SSSR count). The molecule has 0 bridgehead atoms. The summed E-state index contributed by atoms with van der Waals surface area (Å²) in [4.78, 5) is 14.0. The Balaban J connectivity index is 2.79. The molecular formula is C9H7F3N2O2. The number of nitrogens with one attached hydrogen (secondary N) is 1. The van der Waals surface area contributed by atoms with Crippen molar-refractivity contribution in [1.82, 2.24) is 10.1 Å². The predicted octanol–water partition coefficient (Wildman–Crippen LogP) is 2.10. The third kappa shape index (κ3) is 1.58. The van der Waals surface area contributed by atoms with Gasteiger partial charge in [-0.05, 0) is 6.42 Å². The van der Waals surface area contributed by atoms with E-state index in [1.54, 1.807) is 6.92 Å². The van der Waals surface area contributed by atoms with Crippen molar-refractivity contribution in [2.24, 2.45) is 0 Å². The average molecular weight is 232 g/mol. The van der Waals surface area contributed by atoms with E-state index in [0.717, 1.165) is 6.07 Å². The highest BCUT2D eigenvalue weighted by Crippen LogP contribution is 2.31. The summed E-state index contributed by atoms with van der Waals surface area (Å²) in [6.07, 6.45) is -4.20. The van der Waals surface area contributed by atoms with Crippen LogP contribution < -0.4 is 5.43 Å². The van der Waals surface area contributed by atoms with E-state index >= 15 is 0 Å². The number of pyridine rings is 1. The van der Waals surface area contributed by atoms with Gasteiger partial charge in [0.25, 0.3) is 0 Å². The predicted molar refractivity (Wildman–Crippen MR) is 49.0 cm³/mol. The highest BCUT2D eigenvalue weighted by molar-refractivity contribution is 5.76. The van der Waals surface area contributed by atoms with E-state index in [9.17, 15) is 18.0 Å². The summed E-state index contributed by atoms with van der Waals surface area (Å²) in [6.45, 7) is 1.76. The van der Waals surface area contributed by atoms with E-state index < -0.39 is 22.7 Å². The number of hydrogen-bond acceptors (Lipinski definition) is 3. The van der Waals surface area contributed by atoms with Gasteiger partial charge in [-0.25, -0.2) is 0 Å². The zero-order chi connectivity index (χ0) is 11.9. The largest absolute Gasteiger partial charge is 0.437 e. The van der Waals surface area contributed by atoms with Crippen LogP contribution in [0.15, 0.2) is 15.4 Å². The van der Waals surface area contributed by atoms with Gasteiger partial charge in [0.15, 0.2) is 5.43 Å². The number of nitrogens with zero attached hydrogens (tertiary/aromatic N) is 1. The molecule has 4 nitrogen and oxygen atoms in total. The SMILES string of the molecule is CCc1cc(=O)c2c(C(F)(F)F)noc2[nH]1. The molecule has 0 aliphatic carbocycles. The van der Waals surface area contributed by atoms with Crippen LogP contribution in [0.1, 0.15) is 18.3 Å². The summed E-state index contributed by atoms with van der Waals surface area (Å²) >= 11 is 0. The molecule has 0 amide bonds. The number of aromatic amines is 1. The lowest BCUT2D eigenvalue weighted by Crippen LogP contribution is -2.11. The molecule has 86 valence electrons. The molecule has 2 aromatic heterocycles. The first-order valence-electron chi connectivity index (χ1n) is 4.52. The van der Waals surface area contributed by atoms with Crippen molar-refractivity contribution in [3.05, 3.63) is 27.7 Å². The first-order valence-corrected chi connectivity index (χ1v) is 4.52. The topological polar surface area (TPSA) is 58.9 Å². The minimum absolute atomic E-state index is 0.239. The standard InChI is InChI=1S/C9H7F3N2O2/c1-2-4-3-5(15)6-7(9(10,11)12)14-16-8(6)13-4/h3H,2H2,1H3,(H,13,15). The lowest BCUT2D eigenvalue weighted by molar-refractivity contribution is -0.141. The van der Waals surface area contributed by atoms with Crippen LogP contribution in [-0.4, -0.2) is 10.1 Å². The van der Waals surface area contributed by atoms with Crippen molar-refractivity contribution < 1.29 is 17.7 Å². The van der Waals surface area contributed by atoms with Crippen LogP contribution in [0.4, 0.5) is 13.2 Å². The first kappa shape index (κ1) is 10.7. The van der Waals surface area contributed by atoms with Gasteiger partial charge >= 0.3 is 6.18 Å². The van der Waals surface area contributed by atoms with Crippen LogP contribution in [0.25, 0.3) is 11.1 Å². The van der Waals surface area contributed by atoms with Crippen molar-refractivity contribution in [1.29, 1.82) is 0 Å². The van der Waals surface area contributed by atoms with Gasteiger partial charge in [0, 0.05) is 11.8 Å². The second-order valence-electron chi connectivity index (χ2n) is 3.25. The van der Waals surface area contributed by atoms with Gasteiger partial charge in [-0.2, -0.15) is 13.2 Å². The Morgan fingerprint density at radius 2 is 2.19 bits per heavy atom. The Bertz CT molecular complexity index is 582. The highest BCUT2D eigenvalue weighted by Gasteiger charge is 2.38. The Morgan fingerprint density at radius 1 is 1.50 bits per heavy atom. The monoisotopic (exact) mass is 232 g/mol. The molecule has 0 aliphatic heterocycles. The molecule has 7 heteroatoms. The molecule has 0 radical (unpaired) electrons. The lowest BCUT2D eigenvalue weighted by Gasteiger charge is -2.00. The number of aromatic nitrogens is 2. The van der Waals surface area contributed by atoms with Gasteiger partial charge in [0.2, 0.25) is 11.4 Å². The van der Waals surface area contributed by atoms with Gasteiger partial charge in [-0.3, -0.25) is 4.79 Å². The van der Waals surface area contributed by atoms with Gasteiger partial charge in [-0.1, -0.05) is 12.1 Å². The summed E-state index contributed by atoms with van der Waals surface area (Å²) in [5.41, 5.74) is -1.76. The van der Waals surface area contributed by atoms with Crippen LogP contribution in [0.2, 0.25) is 0 Å². The minimum atomic E-state index is -4.69. The Hall–Kier alpha value is -1.79. The summed E-state index contributed by atoms with van der Waals surface area (Å²) < 4.78 is 41.8.